The molecule has 24 heavy (non-hydrogen) atoms. The van der Waals surface area contributed by atoms with Gasteiger partial charge in [0.05, 0.1) is 18.1 Å². The predicted octanol–water partition coefficient (Wildman–Crippen LogP) is 2.28. The molecule has 0 saturated carbocycles. The molecule has 0 fully saturated rings. The lowest BCUT2D eigenvalue weighted by atomic mass is 10.2. The van der Waals surface area contributed by atoms with Crippen molar-refractivity contribution in [2.24, 2.45) is 0 Å². The summed E-state index contributed by atoms with van der Waals surface area (Å²) in [5.41, 5.74) is -0.192. The highest BCUT2D eigenvalue weighted by Gasteiger charge is 2.18. The summed E-state index contributed by atoms with van der Waals surface area (Å²) in [5.74, 6) is 0.359. The van der Waals surface area contributed by atoms with Crippen molar-refractivity contribution in [2.45, 2.75) is 19.5 Å². The number of rotatable bonds is 6. The minimum absolute atomic E-state index is 0.0872. The van der Waals surface area contributed by atoms with Gasteiger partial charge in [0.2, 0.25) is 10.0 Å². The molecule has 0 spiro atoms. The zero-order chi connectivity index (χ0) is 17.2. The summed E-state index contributed by atoms with van der Waals surface area (Å²) in [6.07, 6.45) is 3.12. The number of sulfonamides is 1. The van der Waals surface area contributed by atoms with E-state index in [0.717, 1.165) is 5.39 Å². The van der Waals surface area contributed by atoms with Crippen LogP contribution >= 0.6 is 0 Å². The summed E-state index contributed by atoms with van der Waals surface area (Å²) < 4.78 is 33.6. The van der Waals surface area contributed by atoms with Gasteiger partial charge < -0.3 is 8.98 Å². The van der Waals surface area contributed by atoms with Gasteiger partial charge in [0, 0.05) is 18.1 Å². The van der Waals surface area contributed by atoms with Crippen molar-refractivity contribution in [1.82, 2.24) is 9.29 Å². The van der Waals surface area contributed by atoms with Crippen LogP contribution in [0.3, 0.4) is 0 Å². The Morgan fingerprint density at radius 2 is 1.96 bits per heavy atom. The molecule has 2 aromatic heterocycles. The number of nitrogens with zero attached hydrogens (tertiary/aromatic N) is 1. The summed E-state index contributed by atoms with van der Waals surface area (Å²) in [5, 5.41) is 1.42. The summed E-state index contributed by atoms with van der Waals surface area (Å²) >= 11 is 0. The maximum Gasteiger partial charge on any atom is 0.258 e. The quantitative estimate of drug-likeness (QED) is 0.742. The standard InChI is InChI=1S/C17H18N2O4S/c1-13(16-7-4-11-23-16)18-24(21,22)12-10-19-9-8-14-5-2-3-6-15(14)17(19)20/h2-9,11,13,18H,10,12H2,1H3/t13-/m0/s1. The van der Waals surface area contributed by atoms with Crippen molar-refractivity contribution in [3.63, 3.8) is 0 Å². The predicted molar refractivity (Wildman–Crippen MR) is 92.3 cm³/mol. The second kappa shape index (κ2) is 6.62. The Kier molecular flexibility index (Phi) is 4.55. The second-order valence-corrected chi connectivity index (χ2v) is 7.45. The average molecular weight is 346 g/mol. The van der Waals surface area contributed by atoms with Gasteiger partial charge >= 0.3 is 0 Å². The number of hydrogen-bond acceptors (Lipinski definition) is 4. The Balaban J connectivity index is 1.73. The zero-order valence-electron chi connectivity index (χ0n) is 13.2. The fraction of sp³-hybridized carbons (Fsp3) is 0.235. The molecule has 6 nitrogen and oxygen atoms in total. The van der Waals surface area contributed by atoms with Crippen LogP contribution in [0.15, 0.2) is 64.1 Å². The van der Waals surface area contributed by atoms with E-state index >= 15 is 0 Å². The molecule has 3 aromatic rings. The third-order valence-corrected chi connectivity index (χ3v) is 5.25. The summed E-state index contributed by atoms with van der Waals surface area (Å²) in [7, 11) is -3.54. The van der Waals surface area contributed by atoms with E-state index in [9.17, 15) is 13.2 Å². The maximum atomic E-state index is 12.4. The summed E-state index contributed by atoms with van der Waals surface area (Å²) in [6, 6.07) is 12.0. The fourth-order valence-electron chi connectivity index (χ4n) is 2.55. The van der Waals surface area contributed by atoms with Gasteiger partial charge in [-0.1, -0.05) is 18.2 Å². The number of aryl methyl sites for hydroxylation is 1. The Bertz CT molecular complexity index is 991. The van der Waals surface area contributed by atoms with E-state index < -0.39 is 16.1 Å². The summed E-state index contributed by atoms with van der Waals surface area (Å²) in [4.78, 5) is 12.4. The van der Waals surface area contributed by atoms with Crippen LogP contribution in [0.4, 0.5) is 0 Å². The highest BCUT2D eigenvalue weighted by Crippen LogP contribution is 2.13. The lowest BCUT2D eigenvalue weighted by Crippen LogP contribution is -2.32. The zero-order valence-corrected chi connectivity index (χ0v) is 14.0. The molecule has 0 bridgehead atoms. The molecule has 0 aliphatic rings. The number of hydrogen-bond donors (Lipinski definition) is 1. The van der Waals surface area contributed by atoms with Gasteiger partial charge in [-0.05, 0) is 36.6 Å². The molecular weight excluding hydrogens is 328 g/mol. The molecular formula is C17H18N2O4S. The van der Waals surface area contributed by atoms with E-state index in [0.29, 0.717) is 11.1 Å². The van der Waals surface area contributed by atoms with Crippen LogP contribution in [0, 0.1) is 0 Å². The molecule has 0 unspecified atom stereocenters. The first-order chi connectivity index (χ1) is 11.5. The van der Waals surface area contributed by atoms with Crippen molar-refractivity contribution in [2.75, 3.05) is 5.75 Å². The van der Waals surface area contributed by atoms with Crippen LogP contribution in [0.1, 0.15) is 18.7 Å². The van der Waals surface area contributed by atoms with E-state index in [1.165, 1.54) is 10.8 Å². The highest BCUT2D eigenvalue weighted by atomic mass is 32.2. The highest BCUT2D eigenvalue weighted by molar-refractivity contribution is 7.89. The molecule has 0 aliphatic heterocycles. The van der Waals surface area contributed by atoms with Gasteiger partial charge in [0.1, 0.15) is 5.76 Å². The number of pyridine rings is 1. The van der Waals surface area contributed by atoms with E-state index in [1.807, 2.05) is 18.2 Å². The van der Waals surface area contributed by atoms with Crippen molar-refractivity contribution in [3.8, 4) is 0 Å². The van der Waals surface area contributed by atoms with Crippen LogP contribution < -0.4 is 10.3 Å². The van der Waals surface area contributed by atoms with E-state index in [4.69, 9.17) is 4.42 Å². The monoisotopic (exact) mass is 346 g/mol. The van der Waals surface area contributed by atoms with E-state index in [2.05, 4.69) is 4.72 Å². The molecule has 2 heterocycles. The van der Waals surface area contributed by atoms with Crippen molar-refractivity contribution >= 4 is 20.8 Å². The van der Waals surface area contributed by atoms with Gasteiger partial charge in [-0.25, -0.2) is 13.1 Å². The molecule has 126 valence electrons. The van der Waals surface area contributed by atoms with Gasteiger partial charge in [0.15, 0.2) is 0 Å². The van der Waals surface area contributed by atoms with Gasteiger partial charge in [-0.15, -0.1) is 0 Å². The Morgan fingerprint density at radius 1 is 1.17 bits per heavy atom. The molecule has 1 atom stereocenters. The first kappa shape index (κ1) is 16.5. The Hall–Kier alpha value is -2.38. The number of benzene rings is 1. The van der Waals surface area contributed by atoms with E-state index in [1.54, 1.807) is 37.4 Å². The molecule has 0 radical (unpaired) electrons. The molecule has 3 rings (SSSR count). The SMILES string of the molecule is C[C@H](NS(=O)(=O)CCn1ccc2ccccc2c1=O)c1ccco1. The van der Waals surface area contributed by atoms with Crippen molar-refractivity contribution in [1.29, 1.82) is 0 Å². The van der Waals surface area contributed by atoms with Crippen LogP contribution in [-0.2, 0) is 16.6 Å². The minimum Gasteiger partial charge on any atom is -0.468 e. The topological polar surface area (TPSA) is 81.3 Å². The third-order valence-electron chi connectivity index (χ3n) is 3.81. The van der Waals surface area contributed by atoms with Gasteiger partial charge in [-0.2, -0.15) is 0 Å². The maximum absolute atomic E-state index is 12.4. The normalized spacial score (nSPS) is 13.2. The summed E-state index contributed by atoms with van der Waals surface area (Å²) in [6.45, 7) is 1.79. The minimum atomic E-state index is -3.54. The largest absolute Gasteiger partial charge is 0.468 e. The first-order valence-corrected chi connectivity index (χ1v) is 9.23. The Morgan fingerprint density at radius 3 is 2.71 bits per heavy atom. The fourth-order valence-corrected chi connectivity index (χ4v) is 3.76. The van der Waals surface area contributed by atoms with Crippen molar-refractivity contribution in [3.05, 3.63) is 71.0 Å². The van der Waals surface area contributed by atoms with Gasteiger partial charge in [-0.3, -0.25) is 4.79 Å². The number of aromatic nitrogens is 1. The van der Waals surface area contributed by atoms with Crippen LogP contribution in [-0.4, -0.2) is 18.7 Å². The number of nitrogens with one attached hydrogen (secondary N) is 1. The lowest BCUT2D eigenvalue weighted by molar-refractivity contribution is 0.458. The molecule has 7 heteroatoms. The molecule has 1 aromatic carbocycles. The van der Waals surface area contributed by atoms with Crippen LogP contribution in [0.25, 0.3) is 10.8 Å². The van der Waals surface area contributed by atoms with Crippen LogP contribution in [0.2, 0.25) is 0 Å². The van der Waals surface area contributed by atoms with Crippen LogP contribution in [0.5, 0.6) is 0 Å². The number of furan rings is 1. The lowest BCUT2D eigenvalue weighted by Gasteiger charge is -2.13. The smallest absolute Gasteiger partial charge is 0.258 e. The van der Waals surface area contributed by atoms with Gasteiger partial charge in [0.25, 0.3) is 5.56 Å². The molecule has 0 saturated heterocycles. The van der Waals surface area contributed by atoms with E-state index in [-0.39, 0.29) is 17.9 Å². The third kappa shape index (κ3) is 3.58. The number of fused-ring (bicyclic) bond motifs is 1. The average Bonchev–Trinajstić information content (AvgIpc) is 3.09. The molecule has 1 N–H and O–H groups in total. The molecule has 0 amide bonds. The first-order valence-electron chi connectivity index (χ1n) is 7.58. The Labute approximate surface area is 139 Å². The molecule has 0 aliphatic carbocycles. The second-order valence-electron chi connectivity index (χ2n) is 5.58. The van der Waals surface area contributed by atoms with Crippen molar-refractivity contribution < 1.29 is 12.8 Å².